The third-order valence-electron chi connectivity index (χ3n) is 3.33. The molecule has 1 aromatic carbocycles. The van der Waals surface area contributed by atoms with E-state index in [0.717, 1.165) is 18.5 Å². The maximum Gasteiger partial charge on any atom is 0.240 e. The van der Waals surface area contributed by atoms with Crippen LogP contribution in [0.4, 0.5) is 0 Å². The molecule has 3 N–H and O–H groups in total. The molecule has 0 aliphatic heterocycles. The predicted octanol–water partition coefficient (Wildman–Crippen LogP) is 1.15. The van der Waals surface area contributed by atoms with Gasteiger partial charge in [0.25, 0.3) is 0 Å². The Morgan fingerprint density at radius 3 is 2.35 bits per heavy atom. The van der Waals surface area contributed by atoms with Crippen LogP contribution < -0.4 is 10.5 Å². The van der Waals surface area contributed by atoms with Gasteiger partial charge in [0.1, 0.15) is 0 Å². The highest BCUT2D eigenvalue weighted by atomic mass is 32.2. The number of sulfonamides is 1. The minimum atomic E-state index is -3.41. The van der Waals surface area contributed by atoms with E-state index in [1.807, 2.05) is 7.05 Å². The van der Waals surface area contributed by atoms with Crippen molar-refractivity contribution in [3.05, 3.63) is 29.8 Å². The van der Waals surface area contributed by atoms with Crippen LogP contribution in [0.3, 0.4) is 0 Å². The first kappa shape index (κ1) is 17.1. The summed E-state index contributed by atoms with van der Waals surface area (Å²) in [4.78, 5) is 2.47. The molecule has 0 saturated carbocycles. The number of nitrogens with zero attached hydrogens (tertiary/aromatic N) is 1. The van der Waals surface area contributed by atoms with E-state index in [1.165, 1.54) is 0 Å². The van der Waals surface area contributed by atoms with Crippen LogP contribution in [-0.2, 0) is 16.6 Å². The Morgan fingerprint density at radius 1 is 1.25 bits per heavy atom. The fourth-order valence-corrected chi connectivity index (χ4v) is 2.76. The van der Waals surface area contributed by atoms with Crippen molar-refractivity contribution in [2.45, 2.75) is 37.8 Å². The fourth-order valence-electron chi connectivity index (χ4n) is 1.68. The predicted molar refractivity (Wildman–Crippen MR) is 81.9 cm³/mol. The van der Waals surface area contributed by atoms with Gasteiger partial charge in [0.05, 0.1) is 4.90 Å². The van der Waals surface area contributed by atoms with E-state index in [9.17, 15) is 8.42 Å². The van der Waals surface area contributed by atoms with Crippen LogP contribution >= 0.6 is 0 Å². The summed E-state index contributed by atoms with van der Waals surface area (Å²) in [7, 11) is -1.38. The van der Waals surface area contributed by atoms with Crippen LogP contribution in [-0.4, -0.2) is 39.5 Å². The van der Waals surface area contributed by atoms with E-state index in [0.29, 0.717) is 19.1 Å². The molecular weight excluding hydrogens is 274 g/mol. The van der Waals surface area contributed by atoms with Crippen LogP contribution in [0.1, 0.15) is 25.8 Å². The van der Waals surface area contributed by atoms with Crippen molar-refractivity contribution < 1.29 is 8.42 Å². The third kappa shape index (κ3) is 5.20. The normalized spacial score (nSPS) is 12.3. The molecule has 1 rings (SSSR count). The van der Waals surface area contributed by atoms with Crippen LogP contribution in [0.2, 0.25) is 0 Å². The standard InChI is InChI=1S/C14H25N3O2S/c1-12(2)17(3)10-4-9-16-20(18,19)14-7-5-13(11-15)6-8-14/h5-8,12,16H,4,9-11,15H2,1-3H3. The van der Waals surface area contributed by atoms with E-state index in [2.05, 4.69) is 23.5 Å². The molecule has 0 fully saturated rings. The van der Waals surface area contributed by atoms with Crippen molar-refractivity contribution in [2.24, 2.45) is 5.73 Å². The first-order valence-electron chi connectivity index (χ1n) is 6.85. The van der Waals surface area contributed by atoms with Gasteiger partial charge in [-0.2, -0.15) is 0 Å². The fraction of sp³-hybridized carbons (Fsp3) is 0.571. The lowest BCUT2D eigenvalue weighted by molar-refractivity contribution is 0.271. The molecule has 0 unspecified atom stereocenters. The molecule has 0 aliphatic carbocycles. The molecular formula is C14H25N3O2S. The number of hydrogen-bond donors (Lipinski definition) is 2. The molecule has 0 heterocycles. The zero-order valence-corrected chi connectivity index (χ0v) is 13.3. The van der Waals surface area contributed by atoms with Crippen molar-refractivity contribution in [1.82, 2.24) is 9.62 Å². The molecule has 0 saturated heterocycles. The summed E-state index contributed by atoms with van der Waals surface area (Å²) in [5.41, 5.74) is 6.41. The summed E-state index contributed by atoms with van der Waals surface area (Å²) in [6.45, 7) is 5.95. The van der Waals surface area contributed by atoms with E-state index in [-0.39, 0.29) is 4.90 Å². The second kappa shape index (κ2) is 7.73. The van der Waals surface area contributed by atoms with E-state index in [1.54, 1.807) is 24.3 Å². The van der Waals surface area contributed by atoms with Gasteiger partial charge < -0.3 is 10.6 Å². The first-order chi connectivity index (χ1) is 9.36. The quantitative estimate of drug-likeness (QED) is 0.706. The molecule has 114 valence electrons. The summed E-state index contributed by atoms with van der Waals surface area (Å²) in [5.74, 6) is 0. The lowest BCUT2D eigenvalue weighted by Crippen LogP contribution is -2.31. The molecule has 5 nitrogen and oxygen atoms in total. The lowest BCUT2D eigenvalue weighted by Gasteiger charge is -2.20. The maximum atomic E-state index is 12.1. The van der Waals surface area contributed by atoms with Crippen LogP contribution in [0, 0.1) is 0 Å². The van der Waals surface area contributed by atoms with Crippen LogP contribution in [0.15, 0.2) is 29.2 Å². The molecule has 0 aromatic heterocycles. The van der Waals surface area contributed by atoms with E-state index < -0.39 is 10.0 Å². The number of nitrogens with one attached hydrogen (secondary N) is 1. The minimum Gasteiger partial charge on any atom is -0.326 e. The smallest absolute Gasteiger partial charge is 0.240 e. The average Bonchev–Trinajstić information content (AvgIpc) is 2.43. The Hall–Kier alpha value is -0.950. The van der Waals surface area contributed by atoms with Crippen molar-refractivity contribution in [1.29, 1.82) is 0 Å². The van der Waals surface area contributed by atoms with Crippen molar-refractivity contribution >= 4 is 10.0 Å². The maximum absolute atomic E-state index is 12.1. The lowest BCUT2D eigenvalue weighted by atomic mass is 10.2. The number of rotatable bonds is 8. The zero-order valence-electron chi connectivity index (χ0n) is 12.5. The average molecular weight is 299 g/mol. The summed E-state index contributed by atoms with van der Waals surface area (Å²) >= 11 is 0. The van der Waals surface area contributed by atoms with Crippen molar-refractivity contribution in [3.8, 4) is 0 Å². The molecule has 0 aliphatic rings. The summed E-state index contributed by atoms with van der Waals surface area (Å²) in [5, 5.41) is 0. The van der Waals surface area contributed by atoms with Gasteiger partial charge in [-0.05, 0) is 51.6 Å². The first-order valence-corrected chi connectivity index (χ1v) is 8.34. The largest absolute Gasteiger partial charge is 0.326 e. The second-order valence-corrected chi connectivity index (χ2v) is 6.94. The van der Waals surface area contributed by atoms with Crippen molar-refractivity contribution in [3.63, 3.8) is 0 Å². The highest BCUT2D eigenvalue weighted by Gasteiger charge is 2.13. The summed E-state index contributed by atoms with van der Waals surface area (Å²) in [6, 6.07) is 7.12. The molecule has 0 spiro atoms. The van der Waals surface area contributed by atoms with Gasteiger partial charge in [-0.3, -0.25) is 0 Å². The highest BCUT2D eigenvalue weighted by Crippen LogP contribution is 2.10. The van der Waals surface area contributed by atoms with Crippen LogP contribution in [0.5, 0.6) is 0 Å². The zero-order chi connectivity index (χ0) is 15.2. The van der Waals surface area contributed by atoms with Gasteiger partial charge >= 0.3 is 0 Å². The second-order valence-electron chi connectivity index (χ2n) is 5.17. The van der Waals surface area contributed by atoms with Gasteiger partial charge in [-0.15, -0.1) is 0 Å². The molecule has 0 bridgehead atoms. The van der Waals surface area contributed by atoms with Gasteiger partial charge in [-0.1, -0.05) is 12.1 Å². The Bertz CT molecular complexity index is 498. The van der Waals surface area contributed by atoms with Crippen molar-refractivity contribution in [2.75, 3.05) is 20.1 Å². The Balaban J connectivity index is 2.49. The van der Waals surface area contributed by atoms with Gasteiger partial charge in [0.15, 0.2) is 0 Å². The number of nitrogens with two attached hydrogens (primary N) is 1. The molecule has 6 heteroatoms. The van der Waals surface area contributed by atoms with Gasteiger partial charge in [0.2, 0.25) is 10.0 Å². The summed E-state index contributed by atoms with van der Waals surface area (Å²) < 4.78 is 26.7. The number of hydrogen-bond acceptors (Lipinski definition) is 4. The molecule has 20 heavy (non-hydrogen) atoms. The minimum absolute atomic E-state index is 0.284. The van der Waals surface area contributed by atoms with E-state index in [4.69, 9.17) is 5.73 Å². The Labute approximate surface area is 122 Å². The molecule has 1 aromatic rings. The molecule has 0 radical (unpaired) electrons. The Morgan fingerprint density at radius 2 is 1.85 bits per heavy atom. The highest BCUT2D eigenvalue weighted by molar-refractivity contribution is 7.89. The topological polar surface area (TPSA) is 75.4 Å². The monoisotopic (exact) mass is 299 g/mol. The van der Waals surface area contributed by atoms with Crippen LogP contribution in [0.25, 0.3) is 0 Å². The van der Waals surface area contributed by atoms with Gasteiger partial charge in [-0.25, -0.2) is 13.1 Å². The van der Waals surface area contributed by atoms with E-state index >= 15 is 0 Å². The Kier molecular flexibility index (Phi) is 6.61. The van der Waals surface area contributed by atoms with Gasteiger partial charge in [0, 0.05) is 19.1 Å². The number of benzene rings is 1. The molecule has 0 amide bonds. The SMILES string of the molecule is CC(C)N(C)CCCNS(=O)(=O)c1ccc(CN)cc1. The molecule has 0 atom stereocenters. The third-order valence-corrected chi connectivity index (χ3v) is 4.81. The summed E-state index contributed by atoms with van der Waals surface area (Å²) in [6.07, 6.45) is 0.787.